The summed E-state index contributed by atoms with van der Waals surface area (Å²) in [5.74, 6) is -0.0338. The first-order valence-corrected chi connectivity index (χ1v) is 6.10. The second kappa shape index (κ2) is 5.67. The van der Waals surface area contributed by atoms with Crippen molar-refractivity contribution in [2.24, 2.45) is 11.1 Å². The zero-order valence-corrected chi connectivity index (χ0v) is 10.7. The summed E-state index contributed by atoms with van der Waals surface area (Å²) in [5.41, 5.74) is 0.672. The molecule has 2 bridgehead atoms. The van der Waals surface area contributed by atoms with E-state index in [0.29, 0.717) is 18.7 Å². The zero-order chi connectivity index (χ0) is 13.8. The van der Waals surface area contributed by atoms with Crippen molar-refractivity contribution in [3.8, 4) is 6.07 Å². The van der Waals surface area contributed by atoms with E-state index in [1.807, 2.05) is 19.2 Å². The highest BCUT2D eigenvalue weighted by molar-refractivity contribution is 6.00. The fourth-order valence-electron chi connectivity index (χ4n) is 2.45. The molecule has 2 aliphatic heterocycles. The molecule has 19 heavy (non-hydrogen) atoms. The number of carbonyl (C=O) groups excluding carboxylic acids is 1. The van der Waals surface area contributed by atoms with Gasteiger partial charge < -0.3 is 5.32 Å². The van der Waals surface area contributed by atoms with E-state index in [9.17, 15) is 4.79 Å². The van der Waals surface area contributed by atoms with Gasteiger partial charge in [0, 0.05) is 12.6 Å². The summed E-state index contributed by atoms with van der Waals surface area (Å²) in [4.78, 5) is 18.1. The fourth-order valence-corrected chi connectivity index (χ4v) is 2.45. The monoisotopic (exact) mass is 260 g/mol. The molecule has 1 saturated heterocycles. The van der Waals surface area contributed by atoms with E-state index in [0.717, 1.165) is 0 Å². The van der Waals surface area contributed by atoms with Gasteiger partial charge in [-0.3, -0.25) is 9.74 Å². The maximum Gasteiger partial charge on any atom is 0.433 e. The number of nitriles is 1. The van der Waals surface area contributed by atoms with Gasteiger partial charge in [-0.1, -0.05) is 17.3 Å². The molecule has 2 rings (SSSR count). The van der Waals surface area contributed by atoms with Crippen molar-refractivity contribution in [3.05, 3.63) is 24.8 Å². The van der Waals surface area contributed by atoms with Gasteiger partial charge in [-0.2, -0.15) is 5.26 Å². The molecule has 1 amide bonds. The van der Waals surface area contributed by atoms with Gasteiger partial charge in [0.15, 0.2) is 0 Å². The normalized spacial score (nSPS) is 30.9. The number of carbonyl (C=O) groups is 1. The summed E-state index contributed by atoms with van der Waals surface area (Å²) in [6.07, 6.45) is 5.41. The summed E-state index contributed by atoms with van der Waals surface area (Å²) in [5, 5.41) is 15.4. The minimum absolute atomic E-state index is 0.0338. The number of fused-ring (bicyclic) bond motifs is 2. The van der Waals surface area contributed by atoms with Crippen molar-refractivity contribution in [1.82, 2.24) is 10.2 Å². The van der Waals surface area contributed by atoms with E-state index in [2.05, 4.69) is 28.0 Å². The molecular formula is C13H16N4O2. The molecule has 0 aromatic rings. The van der Waals surface area contributed by atoms with Gasteiger partial charge >= 0.3 is 6.09 Å². The van der Waals surface area contributed by atoms with E-state index < -0.39 is 6.09 Å². The van der Waals surface area contributed by atoms with Crippen LogP contribution in [0, 0.1) is 17.2 Å². The van der Waals surface area contributed by atoms with Gasteiger partial charge in [-0.15, -0.1) is 6.58 Å². The standard InChI is InChI=1S/C13H16N4O2/c1-3-6-15-13(18)19-16-10-4-5-11-9(8-14)7-12(10)17(11)2/h3-5,9,11-12H,1,6-7H2,2H3,(H,15,18)/b16-10+. The van der Waals surface area contributed by atoms with Gasteiger partial charge in [0.25, 0.3) is 0 Å². The zero-order valence-electron chi connectivity index (χ0n) is 10.7. The first-order valence-electron chi connectivity index (χ1n) is 6.10. The van der Waals surface area contributed by atoms with E-state index in [1.165, 1.54) is 0 Å². The van der Waals surface area contributed by atoms with Crippen LogP contribution in [0.2, 0.25) is 0 Å². The summed E-state index contributed by atoms with van der Waals surface area (Å²) < 4.78 is 0. The summed E-state index contributed by atoms with van der Waals surface area (Å²) in [7, 11) is 1.95. The maximum absolute atomic E-state index is 11.3. The average Bonchev–Trinajstić information content (AvgIpc) is 2.62. The Kier molecular flexibility index (Phi) is 3.97. The Morgan fingerprint density at radius 3 is 3.32 bits per heavy atom. The van der Waals surface area contributed by atoms with E-state index in [1.54, 1.807) is 6.08 Å². The number of hydrogen-bond acceptors (Lipinski definition) is 5. The topological polar surface area (TPSA) is 77.7 Å². The van der Waals surface area contributed by atoms with Gasteiger partial charge in [0.1, 0.15) is 0 Å². The molecule has 6 heteroatoms. The first-order chi connectivity index (χ1) is 9.17. The van der Waals surface area contributed by atoms with Crippen LogP contribution in [0.4, 0.5) is 4.79 Å². The SMILES string of the molecule is C=CCNC(=O)O/N=C1\C=CC2C(C#N)CC1N2C. The molecule has 1 fully saturated rings. The smallest absolute Gasteiger partial charge is 0.316 e. The predicted molar refractivity (Wildman–Crippen MR) is 70.3 cm³/mol. The Morgan fingerprint density at radius 2 is 2.63 bits per heavy atom. The molecule has 2 heterocycles. The van der Waals surface area contributed by atoms with Crippen LogP contribution in [0.15, 0.2) is 30.0 Å². The molecule has 0 aromatic heterocycles. The lowest BCUT2D eigenvalue weighted by Gasteiger charge is -2.27. The fraction of sp³-hybridized carbons (Fsp3) is 0.462. The van der Waals surface area contributed by atoms with Gasteiger partial charge in [0.2, 0.25) is 0 Å². The lowest BCUT2D eigenvalue weighted by Crippen LogP contribution is -2.40. The van der Waals surface area contributed by atoms with Gasteiger partial charge in [-0.25, -0.2) is 4.79 Å². The third-order valence-corrected chi connectivity index (χ3v) is 3.45. The van der Waals surface area contributed by atoms with Crippen molar-refractivity contribution in [1.29, 1.82) is 5.26 Å². The van der Waals surface area contributed by atoms with Crippen molar-refractivity contribution < 1.29 is 9.63 Å². The molecule has 2 aliphatic rings. The van der Waals surface area contributed by atoms with Crippen LogP contribution in [0.5, 0.6) is 0 Å². The third-order valence-electron chi connectivity index (χ3n) is 3.45. The molecule has 0 saturated carbocycles. The molecule has 3 unspecified atom stereocenters. The Bertz CT molecular complexity index is 478. The number of amides is 1. The lowest BCUT2D eigenvalue weighted by molar-refractivity contribution is 0.150. The number of nitrogens with zero attached hydrogens (tertiary/aromatic N) is 3. The Labute approximate surface area is 112 Å². The molecule has 100 valence electrons. The third kappa shape index (κ3) is 2.66. The van der Waals surface area contributed by atoms with Crippen molar-refractivity contribution in [2.75, 3.05) is 13.6 Å². The Hall–Kier alpha value is -2.13. The molecule has 0 spiro atoms. The number of oxime groups is 1. The molecule has 3 atom stereocenters. The summed E-state index contributed by atoms with van der Waals surface area (Å²) in [6.45, 7) is 3.82. The van der Waals surface area contributed by atoms with Crippen LogP contribution in [-0.4, -0.2) is 42.4 Å². The number of likely N-dealkylation sites (N-methyl/N-ethyl adjacent to an activating group) is 1. The average molecular weight is 260 g/mol. The minimum atomic E-state index is -0.611. The van der Waals surface area contributed by atoms with Crippen LogP contribution in [0.25, 0.3) is 0 Å². The number of rotatable bonds is 3. The largest absolute Gasteiger partial charge is 0.433 e. The number of nitrogens with one attached hydrogen (secondary N) is 1. The molecule has 0 radical (unpaired) electrons. The molecule has 1 N–H and O–H groups in total. The second-order valence-electron chi connectivity index (χ2n) is 4.57. The van der Waals surface area contributed by atoms with Crippen LogP contribution in [0.3, 0.4) is 0 Å². The van der Waals surface area contributed by atoms with Crippen molar-refractivity contribution >= 4 is 11.8 Å². The quantitative estimate of drug-likeness (QED) is 0.467. The molecule has 0 aromatic carbocycles. The molecular weight excluding hydrogens is 244 g/mol. The number of hydrogen-bond donors (Lipinski definition) is 1. The van der Waals surface area contributed by atoms with E-state index in [-0.39, 0.29) is 18.0 Å². The van der Waals surface area contributed by atoms with E-state index >= 15 is 0 Å². The summed E-state index contributed by atoms with van der Waals surface area (Å²) >= 11 is 0. The van der Waals surface area contributed by atoms with Crippen LogP contribution in [-0.2, 0) is 4.84 Å². The van der Waals surface area contributed by atoms with Gasteiger partial charge in [-0.05, 0) is 19.5 Å². The lowest BCUT2D eigenvalue weighted by atomic mass is 10.0. The highest BCUT2D eigenvalue weighted by Crippen LogP contribution is 2.33. The second-order valence-corrected chi connectivity index (χ2v) is 4.57. The van der Waals surface area contributed by atoms with Gasteiger partial charge in [0.05, 0.1) is 23.7 Å². The maximum atomic E-state index is 11.3. The van der Waals surface area contributed by atoms with Crippen LogP contribution < -0.4 is 5.32 Å². The predicted octanol–water partition coefficient (Wildman–Crippen LogP) is 1.04. The Balaban J connectivity index is 2.01. The van der Waals surface area contributed by atoms with Crippen molar-refractivity contribution in [2.45, 2.75) is 18.5 Å². The highest BCUT2D eigenvalue weighted by atomic mass is 16.7. The van der Waals surface area contributed by atoms with E-state index in [4.69, 9.17) is 10.1 Å². The molecule has 0 aliphatic carbocycles. The van der Waals surface area contributed by atoms with Crippen LogP contribution >= 0.6 is 0 Å². The minimum Gasteiger partial charge on any atom is -0.316 e. The Morgan fingerprint density at radius 1 is 1.84 bits per heavy atom. The molecule has 6 nitrogen and oxygen atoms in total. The highest BCUT2D eigenvalue weighted by Gasteiger charge is 2.42. The summed E-state index contributed by atoms with van der Waals surface area (Å²) in [6, 6.07) is 2.46. The van der Waals surface area contributed by atoms with Crippen LogP contribution in [0.1, 0.15) is 6.42 Å². The van der Waals surface area contributed by atoms with Crippen molar-refractivity contribution in [3.63, 3.8) is 0 Å². The first kappa shape index (κ1) is 13.3.